The highest BCUT2D eigenvalue weighted by Crippen LogP contribution is 2.20. The highest BCUT2D eigenvalue weighted by molar-refractivity contribution is 6.01. The lowest BCUT2D eigenvalue weighted by Gasteiger charge is -2.31. The second-order valence-electron chi connectivity index (χ2n) is 5.31. The predicted molar refractivity (Wildman–Crippen MR) is 80.9 cm³/mol. The fraction of sp³-hybridized carbons (Fsp3) is 0.235. The Morgan fingerprint density at radius 2 is 2.10 bits per heavy atom. The van der Waals surface area contributed by atoms with E-state index in [1.807, 2.05) is 30.2 Å². The van der Waals surface area contributed by atoms with Gasteiger partial charge in [0, 0.05) is 18.3 Å². The Labute approximate surface area is 123 Å². The third kappa shape index (κ3) is 2.63. The number of hydrogen-bond donors (Lipinski definition) is 0. The summed E-state index contributed by atoms with van der Waals surface area (Å²) in [6, 6.07) is 8.86. The molecule has 0 saturated carbocycles. The van der Waals surface area contributed by atoms with Gasteiger partial charge in [-0.05, 0) is 30.7 Å². The van der Waals surface area contributed by atoms with Gasteiger partial charge in [0.05, 0.1) is 24.1 Å². The van der Waals surface area contributed by atoms with Gasteiger partial charge in [-0.15, -0.1) is 0 Å². The fourth-order valence-electron chi connectivity index (χ4n) is 2.56. The number of rotatable bonds is 2. The van der Waals surface area contributed by atoms with Crippen LogP contribution in [0.3, 0.4) is 0 Å². The first-order chi connectivity index (χ1) is 10.2. The largest absolute Gasteiger partial charge is 0.332 e. The standard InChI is InChI=1S/C17H15N3O/c1-12-2-7-16-19-9-15(11-20(16)10-12)17(21)14-5-3-13(8-18)4-6-14/h2-7,10,15H,9,11H2,1H3. The van der Waals surface area contributed by atoms with Crippen molar-refractivity contribution in [2.75, 3.05) is 13.1 Å². The van der Waals surface area contributed by atoms with Gasteiger partial charge in [0.2, 0.25) is 0 Å². The van der Waals surface area contributed by atoms with Crippen LogP contribution < -0.4 is 0 Å². The van der Waals surface area contributed by atoms with Gasteiger partial charge in [0.1, 0.15) is 5.84 Å². The van der Waals surface area contributed by atoms with Gasteiger partial charge in [-0.25, -0.2) is 0 Å². The zero-order valence-electron chi connectivity index (χ0n) is 11.8. The fourth-order valence-corrected chi connectivity index (χ4v) is 2.56. The molecule has 3 rings (SSSR count). The summed E-state index contributed by atoms with van der Waals surface area (Å²) in [6.45, 7) is 3.20. The van der Waals surface area contributed by atoms with Gasteiger partial charge >= 0.3 is 0 Å². The van der Waals surface area contributed by atoms with Gasteiger partial charge in [0.25, 0.3) is 0 Å². The normalized spacial score (nSPS) is 20.2. The van der Waals surface area contributed by atoms with E-state index in [-0.39, 0.29) is 11.7 Å². The number of allylic oxidation sites excluding steroid dienone is 2. The van der Waals surface area contributed by atoms with Gasteiger partial charge < -0.3 is 4.90 Å². The average molecular weight is 277 g/mol. The second-order valence-corrected chi connectivity index (χ2v) is 5.31. The summed E-state index contributed by atoms with van der Waals surface area (Å²) in [7, 11) is 0. The maximum Gasteiger partial charge on any atom is 0.169 e. The Hall–Kier alpha value is -2.67. The zero-order valence-corrected chi connectivity index (χ0v) is 11.8. The number of benzene rings is 1. The van der Waals surface area contributed by atoms with E-state index in [2.05, 4.69) is 11.1 Å². The third-order valence-corrected chi connectivity index (χ3v) is 3.71. The number of Topliss-reactive ketones (excluding diaryl/α,β-unsaturated/α-hetero) is 1. The minimum absolute atomic E-state index is 0.0860. The highest BCUT2D eigenvalue weighted by atomic mass is 16.1. The molecule has 2 aliphatic rings. The van der Waals surface area contributed by atoms with Crippen molar-refractivity contribution >= 4 is 11.6 Å². The van der Waals surface area contributed by atoms with Crippen LogP contribution >= 0.6 is 0 Å². The molecule has 104 valence electrons. The van der Waals surface area contributed by atoms with E-state index < -0.39 is 0 Å². The van der Waals surface area contributed by atoms with Crippen LogP contribution in [0.25, 0.3) is 0 Å². The minimum Gasteiger partial charge on any atom is -0.332 e. The molecule has 4 nitrogen and oxygen atoms in total. The summed E-state index contributed by atoms with van der Waals surface area (Å²) in [5.74, 6) is 0.865. The molecule has 0 aliphatic carbocycles. The molecule has 2 aliphatic heterocycles. The van der Waals surface area contributed by atoms with E-state index in [4.69, 9.17) is 5.26 Å². The van der Waals surface area contributed by atoms with Crippen molar-refractivity contribution in [1.82, 2.24) is 4.90 Å². The predicted octanol–water partition coefficient (Wildman–Crippen LogP) is 2.54. The van der Waals surface area contributed by atoms with Crippen molar-refractivity contribution < 1.29 is 4.79 Å². The molecule has 0 fully saturated rings. The number of aliphatic imine (C=N–C) groups is 1. The van der Waals surface area contributed by atoms with Crippen molar-refractivity contribution in [3.05, 3.63) is 59.3 Å². The number of carbonyl (C=O) groups is 1. The monoisotopic (exact) mass is 277 g/mol. The molecular formula is C17H15N3O. The Kier molecular flexibility index (Phi) is 3.41. The number of nitriles is 1. The van der Waals surface area contributed by atoms with E-state index >= 15 is 0 Å². The number of nitrogens with zero attached hydrogens (tertiary/aromatic N) is 3. The Morgan fingerprint density at radius 3 is 2.81 bits per heavy atom. The topological polar surface area (TPSA) is 56.5 Å². The lowest BCUT2D eigenvalue weighted by Crippen LogP contribution is -2.40. The van der Waals surface area contributed by atoms with Crippen LogP contribution in [0.1, 0.15) is 22.8 Å². The molecule has 1 unspecified atom stereocenters. The van der Waals surface area contributed by atoms with Crippen LogP contribution in [0.2, 0.25) is 0 Å². The van der Waals surface area contributed by atoms with E-state index in [1.165, 1.54) is 0 Å². The second kappa shape index (κ2) is 5.37. The maximum absolute atomic E-state index is 12.5. The molecule has 1 aromatic rings. The minimum atomic E-state index is -0.141. The van der Waals surface area contributed by atoms with Crippen LogP contribution in [-0.2, 0) is 0 Å². The average Bonchev–Trinajstić information content (AvgIpc) is 2.53. The molecule has 1 atom stereocenters. The summed E-state index contributed by atoms with van der Waals surface area (Å²) < 4.78 is 0. The van der Waals surface area contributed by atoms with Gasteiger partial charge in [-0.2, -0.15) is 5.26 Å². The molecule has 1 aromatic carbocycles. The van der Waals surface area contributed by atoms with Crippen molar-refractivity contribution in [2.45, 2.75) is 6.92 Å². The summed E-state index contributed by atoms with van der Waals surface area (Å²) in [5.41, 5.74) is 2.36. The molecule has 0 saturated heterocycles. The first kappa shape index (κ1) is 13.3. The zero-order chi connectivity index (χ0) is 14.8. The van der Waals surface area contributed by atoms with E-state index in [0.29, 0.717) is 24.2 Å². The molecule has 0 amide bonds. The van der Waals surface area contributed by atoms with E-state index in [9.17, 15) is 4.79 Å². The molecule has 4 heteroatoms. The SMILES string of the molecule is CC1=CN2CC(C(=O)c3ccc(C#N)cc3)CN=C2C=C1. The number of hydrogen-bond acceptors (Lipinski definition) is 4. The van der Waals surface area contributed by atoms with E-state index in [0.717, 1.165) is 11.4 Å². The molecule has 0 radical (unpaired) electrons. The molecule has 2 heterocycles. The van der Waals surface area contributed by atoms with Crippen LogP contribution in [0.15, 0.2) is 53.2 Å². The number of fused-ring (bicyclic) bond motifs is 1. The first-order valence-electron chi connectivity index (χ1n) is 6.89. The van der Waals surface area contributed by atoms with E-state index in [1.54, 1.807) is 24.3 Å². The van der Waals surface area contributed by atoms with Crippen LogP contribution in [0.4, 0.5) is 0 Å². The van der Waals surface area contributed by atoms with Gasteiger partial charge in [0.15, 0.2) is 5.78 Å². The summed E-state index contributed by atoms with van der Waals surface area (Å²) in [5, 5.41) is 8.80. The van der Waals surface area contributed by atoms with Crippen LogP contribution in [-0.4, -0.2) is 29.6 Å². The molecule has 0 spiro atoms. The van der Waals surface area contributed by atoms with Crippen molar-refractivity contribution in [3.8, 4) is 6.07 Å². The summed E-state index contributed by atoms with van der Waals surface area (Å²) in [6.07, 6.45) is 6.03. The Balaban J connectivity index is 1.79. The molecule has 0 bridgehead atoms. The van der Waals surface area contributed by atoms with Gasteiger partial charge in [-0.3, -0.25) is 9.79 Å². The van der Waals surface area contributed by atoms with Crippen LogP contribution in [0, 0.1) is 17.2 Å². The quantitative estimate of drug-likeness (QED) is 0.781. The maximum atomic E-state index is 12.5. The Morgan fingerprint density at radius 1 is 1.33 bits per heavy atom. The van der Waals surface area contributed by atoms with Crippen molar-refractivity contribution in [3.63, 3.8) is 0 Å². The number of ketones is 1. The van der Waals surface area contributed by atoms with Crippen molar-refractivity contribution in [2.24, 2.45) is 10.9 Å². The highest BCUT2D eigenvalue weighted by Gasteiger charge is 2.27. The van der Waals surface area contributed by atoms with Gasteiger partial charge in [-0.1, -0.05) is 18.2 Å². The lowest BCUT2D eigenvalue weighted by molar-refractivity contribution is 0.0909. The molecule has 21 heavy (non-hydrogen) atoms. The molecule has 0 N–H and O–H groups in total. The molecular weight excluding hydrogens is 262 g/mol. The van der Waals surface area contributed by atoms with Crippen molar-refractivity contribution in [1.29, 1.82) is 5.26 Å². The molecule has 0 aromatic heterocycles. The Bertz CT molecular complexity index is 705. The first-order valence-corrected chi connectivity index (χ1v) is 6.89. The number of amidine groups is 1. The van der Waals surface area contributed by atoms with Crippen LogP contribution in [0.5, 0.6) is 0 Å². The third-order valence-electron chi connectivity index (χ3n) is 3.71. The smallest absolute Gasteiger partial charge is 0.169 e. The number of carbonyl (C=O) groups excluding carboxylic acids is 1. The summed E-state index contributed by atoms with van der Waals surface area (Å²) >= 11 is 0. The lowest BCUT2D eigenvalue weighted by atomic mass is 9.95. The summed E-state index contributed by atoms with van der Waals surface area (Å²) in [4.78, 5) is 19.1.